The Balaban J connectivity index is 1.05. The molecular formula is C58H36N4S. The van der Waals surface area contributed by atoms with E-state index in [1.807, 2.05) is 48.2 Å². The highest BCUT2D eigenvalue weighted by Crippen LogP contribution is 2.63. The first-order chi connectivity index (χ1) is 31.2. The van der Waals surface area contributed by atoms with E-state index in [1.54, 1.807) is 0 Å². The van der Waals surface area contributed by atoms with Crippen molar-refractivity contribution in [2.75, 3.05) is 0 Å². The molecule has 1 aliphatic heterocycles. The summed E-state index contributed by atoms with van der Waals surface area (Å²) in [6.45, 7) is 0. The highest BCUT2D eigenvalue weighted by atomic mass is 32.2. The lowest BCUT2D eigenvalue weighted by atomic mass is 9.66. The molecule has 0 N–H and O–H groups in total. The van der Waals surface area contributed by atoms with E-state index in [-0.39, 0.29) is 0 Å². The van der Waals surface area contributed by atoms with Gasteiger partial charge in [-0.1, -0.05) is 188 Å². The maximum atomic E-state index is 5.25. The van der Waals surface area contributed by atoms with Crippen molar-refractivity contribution in [3.63, 3.8) is 0 Å². The summed E-state index contributed by atoms with van der Waals surface area (Å²) in [6, 6.07) is 78.7. The second-order valence-corrected chi connectivity index (χ2v) is 17.3. The predicted molar refractivity (Wildman–Crippen MR) is 257 cm³/mol. The highest BCUT2D eigenvalue weighted by Gasteiger charge is 2.50. The second-order valence-electron chi connectivity index (χ2n) is 16.3. The molecular weight excluding hydrogens is 785 g/mol. The molecule has 0 radical (unpaired) electrons. The maximum absolute atomic E-state index is 5.25. The lowest BCUT2D eigenvalue weighted by Crippen LogP contribution is -2.32. The van der Waals surface area contributed by atoms with Gasteiger partial charge in [-0.25, -0.2) is 15.0 Å². The smallest absolute Gasteiger partial charge is 0.165 e. The van der Waals surface area contributed by atoms with Gasteiger partial charge in [0.15, 0.2) is 17.5 Å². The molecule has 294 valence electrons. The first kappa shape index (κ1) is 35.9. The van der Waals surface area contributed by atoms with Crippen LogP contribution in [0.4, 0.5) is 0 Å². The molecule has 1 aliphatic carbocycles. The van der Waals surface area contributed by atoms with Gasteiger partial charge in [0, 0.05) is 42.9 Å². The van der Waals surface area contributed by atoms with Crippen LogP contribution in [-0.4, -0.2) is 19.5 Å². The molecule has 0 saturated heterocycles. The van der Waals surface area contributed by atoms with E-state index < -0.39 is 5.41 Å². The summed E-state index contributed by atoms with van der Waals surface area (Å²) < 4.78 is 2.38. The van der Waals surface area contributed by atoms with Crippen molar-refractivity contribution in [1.82, 2.24) is 19.5 Å². The van der Waals surface area contributed by atoms with Crippen LogP contribution in [0.1, 0.15) is 22.3 Å². The third-order valence-electron chi connectivity index (χ3n) is 12.9. The molecule has 0 fully saturated rings. The fourth-order valence-electron chi connectivity index (χ4n) is 10.2. The molecule has 3 heterocycles. The largest absolute Gasteiger partial charge is 0.309 e. The normalized spacial score (nSPS) is 13.1. The molecule has 0 atom stereocenters. The Hall–Kier alpha value is -7.86. The molecule has 5 heteroatoms. The van der Waals surface area contributed by atoms with Crippen molar-refractivity contribution in [2.45, 2.75) is 15.2 Å². The van der Waals surface area contributed by atoms with Gasteiger partial charge in [-0.3, -0.25) is 0 Å². The van der Waals surface area contributed by atoms with E-state index >= 15 is 0 Å². The van der Waals surface area contributed by atoms with Gasteiger partial charge >= 0.3 is 0 Å². The Kier molecular flexibility index (Phi) is 8.02. The zero-order chi connectivity index (χ0) is 41.5. The lowest BCUT2D eigenvalue weighted by Gasteiger charge is -2.40. The molecule has 2 aromatic heterocycles. The number of hydrogen-bond donors (Lipinski definition) is 0. The summed E-state index contributed by atoms with van der Waals surface area (Å²) in [6.07, 6.45) is 0. The second kappa shape index (κ2) is 14.1. The first-order valence-electron chi connectivity index (χ1n) is 21.4. The van der Waals surface area contributed by atoms with Gasteiger partial charge in [-0.15, -0.1) is 0 Å². The molecule has 63 heavy (non-hydrogen) atoms. The van der Waals surface area contributed by atoms with Crippen LogP contribution in [0, 0.1) is 0 Å². The van der Waals surface area contributed by atoms with Gasteiger partial charge < -0.3 is 4.57 Å². The molecule has 2 aliphatic rings. The fourth-order valence-corrected chi connectivity index (χ4v) is 11.5. The van der Waals surface area contributed by atoms with Crippen LogP contribution in [0.25, 0.3) is 83.9 Å². The molecule has 13 rings (SSSR count). The van der Waals surface area contributed by atoms with Crippen molar-refractivity contribution in [3.8, 4) is 62.1 Å². The molecule has 0 saturated carbocycles. The van der Waals surface area contributed by atoms with Gasteiger partial charge in [0.05, 0.1) is 16.4 Å². The SMILES string of the molecule is c1ccc(-c2nc(-c3ccccc3)nc(-c3cccc4c3Sc3ccc(-c5ccc6c(c5)c5ccccc5n6-c5ccccc5)cc3C43c4ccccc4-c4ccccc43)n2)cc1. The highest BCUT2D eigenvalue weighted by molar-refractivity contribution is 7.99. The number of aromatic nitrogens is 4. The molecule has 4 nitrogen and oxygen atoms in total. The molecule has 0 bridgehead atoms. The van der Waals surface area contributed by atoms with E-state index in [0.29, 0.717) is 17.5 Å². The average molecular weight is 821 g/mol. The van der Waals surface area contributed by atoms with E-state index in [4.69, 9.17) is 15.0 Å². The monoisotopic (exact) mass is 820 g/mol. The number of benzene rings is 9. The van der Waals surface area contributed by atoms with E-state index in [1.165, 1.54) is 71.2 Å². The molecule has 0 amide bonds. The third kappa shape index (κ3) is 5.40. The number of rotatable bonds is 5. The van der Waals surface area contributed by atoms with Gasteiger partial charge in [-0.2, -0.15) is 0 Å². The van der Waals surface area contributed by atoms with Gasteiger partial charge in [0.25, 0.3) is 0 Å². The van der Waals surface area contributed by atoms with Crippen LogP contribution in [0.3, 0.4) is 0 Å². The zero-order valence-electron chi connectivity index (χ0n) is 34.0. The minimum Gasteiger partial charge on any atom is -0.309 e. The van der Waals surface area contributed by atoms with Crippen LogP contribution in [0.5, 0.6) is 0 Å². The quantitative estimate of drug-likeness (QED) is 0.173. The Morgan fingerprint density at radius 3 is 1.57 bits per heavy atom. The minimum absolute atomic E-state index is 0.597. The summed E-state index contributed by atoms with van der Waals surface area (Å²) in [5, 5.41) is 2.48. The Bertz CT molecular complexity index is 3490. The number of hydrogen-bond acceptors (Lipinski definition) is 4. The Labute approximate surface area is 369 Å². The molecule has 0 unspecified atom stereocenters. The van der Waals surface area contributed by atoms with Crippen molar-refractivity contribution in [1.29, 1.82) is 0 Å². The van der Waals surface area contributed by atoms with E-state index in [9.17, 15) is 0 Å². The van der Waals surface area contributed by atoms with Crippen molar-refractivity contribution < 1.29 is 0 Å². The van der Waals surface area contributed by atoms with Crippen LogP contribution in [0.2, 0.25) is 0 Å². The summed E-state index contributed by atoms with van der Waals surface area (Å²) >= 11 is 1.82. The first-order valence-corrected chi connectivity index (χ1v) is 22.2. The van der Waals surface area contributed by atoms with Crippen LogP contribution < -0.4 is 0 Å². The standard InChI is InChI=1S/C58H36N4S/c1-4-17-37(18-5-1)55-59-56(38-19-6-2-7-20-38)61-57(60-55)45-26-16-29-49-54(45)63-53-34-32-40(36-50(53)58(49)47-27-13-10-23-42(47)43-24-11-14-28-48(43)58)39-31-33-52-46(35-39)44-25-12-15-30-51(44)62(52)41-21-8-3-9-22-41/h1-36H. The number of fused-ring (bicyclic) bond motifs is 12. The summed E-state index contributed by atoms with van der Waals surface area (Å²) in [7, 11) is 0. The zero-order valence-corrected chi connectivity index (χ0v) is 34.8. The van der Waals surface area contributed by atoms with Crippen LogP contribution in [-0.2, 0) is 5.41 Å². The third-order valence-corrected chi connectivity index (χ3v) is 14.1. The van der Waals surface area contributed by atoms with Gasteiger partial charge in [0.2, 0.25) is 0 Å². The van der Waals surface area contributed by atoms with Crippen molar-refractivity contribution >= 4 is 33.6 Å². The maximum Gasteiger partial charge on any atom is 0.165 e. The Morgan fingerprint density at radius 1 is 0.349 bits per heavy atom. The van der Waals surface area contributed by atoms with Crippen molar-refractivity contribution in [2.24, 2.45) is 0 Å². The lowest BCUT2D eigenvalue weighted by molar-refractivity contribution is 0.723. The minimum atomic E-state index is -0.597. The number of nitrogens with zero attached hydrogens (tertiary/aromatic N) is 4. The van der Waals surface area contributed by atoms with Crippen LogP contribution >= 0.6 is 11.8 Å². The fraction of sp³-hybridized carbons (Fsp3) is 0.0172. The topological polar surface area (TPSA) is 43.6 Å². The van der Waals surface area contributed by atoms with Gasteiger partial charge in [0.1, 0.15) is 0 Å². The summed E-state index contributed by atoms with van der Waals surface area (Å²) in [5.41, 5.74) is 15.8. The summed E-state index contributed by atoms with van der Waals surface area (Å²) in [5.74, 6) is 1.96. The van der Waals surface area contributed by atoms with E-state index in [0.717, 1.165) is 27.3 Å². The van der Waals surface area contributed by atoms with Gasteiger partial charge in [-0.05, 0) is 87.0 Å². The van der Waals surface area contributed by atoms with E-state index in [2.05, 4.69) is 187 Å². The summed E-state index contributed by atoms with van der Waals surface area (Å²) in [4.78, 5) is 17.9. The molecule has 9 aromatic carbocycles. The molecule has 11 aromatic rings. The number of para-hydroxylation sites is 2. The van der Waals surface area contributed by atoms with Crippen LogP contribution in [0.15, 0.2) is 228 Å². The Morgan fingerprint density at radius 2 is 0.873 bits per heavy atom. The van der Waals surface area contributed by atoms with Crippen molar-refractivity contribution in [3.05, 3.63) is 241 Å². The average Bonchev–Trinajstić information content (AvgIpc) is 3.85. The predicted octanol–water partition coefficient (Wildman–Crippen LogP) is 14.5. The molecule has 1 spiro atoms.